The van der Waals surface area contributed by atoms with Gasteiger partial charge in [0.25, 0.3) is 0 Å². The molecular formula is C19H26N4. The van der Waals surface area contributed by atoms with Gasteiger partial charge in [-0.25, -0.2) is 9.97 Å². The Morgan fingerprint density at radius 2 is 1.87 bits per heavy atom. The van der Waals surface area contributed by atoms with Crippen molar-refractivity contribution in [3.05, 3.63) is 41.6 Å². The van der Waals surface area contributed by atoms with Crippen LogP contribution in [-0.4, -0.2) is 29.6 Å². The molecule has 0 aliphatic carbocycles. The van der Waals surface area contributed by atoms with Gasteiger partial charge in [0.15, 0.2) is 5.82 Å². The van der Waals surface area contributed by atoms with Crippen molar-refractivity contribution in [2.45, 2.75) is 33.1 Å². The normalized spacial score (nSPS) is 15.6. The molecule has 1 aliphatic rings. The topological polar surface area (TPSA) is 49.8 Å². The second-order valence-electron chi connectivity index (χ2n) is 6.25. The molecule has 0 saturated carbocycles. The molecular weight excluding hydrogens is 284 g/mol. The van der Waals surface area contributed by atoms with Crippen molar-refractivity contribution in [1.29, 1.82) is 0 Å². The van der Waals surface area contributed by atoms with E-state index in [-0.39, 0.29) is 0 Å². The van der Waals surface area contributed by atoms with Crippen molar-refractivity contribution in [1.82, 2.24) is 15.3 Å². The van der Waals surface area contributed by atoms with Crippen molar-refractivity contribution in [2.24, 2.45) is 5.92 Å². The van der Waals surface area contributed by atoms with Crippen molar-refractivity contribution >= 4 is 5.82 Å². The summed E-state index contributed by atoms with van der Waals surface area (Å²) in [6, 6.07) is 10.2. The lowest BCUT2D eigenvalue weighted by molar-refractivity contribution is 0.389. The Morgan fingerprint density at radius 1 is 1.13 bits per heavy atom. The molecule has 23 heavy (non-hydrogen) atoms. The van der Waals surface area contributed by atoms with Gasteiger partial charge in [0, 0.05) is 23.4 Å². The second-order valence-corrected chi connectivity index (χ2v) is 6.25. The minimum Gasteiger partial charge on any atom is -0.369 e. The summed E-state index contributed by atoms with van der Waals surface area (Å²) >= 11 is 0. The van der Waals surface area contributed by atoms with Gasteiger partial charge in [-0.1, -0.05) is 37.3 Å². The molecule has 122 valence electrons. The van der Waals surface area contributed by atoms with Crippen LogP contribution in [0.3, 0.4) is 0 Å². The highest BCUT2D eigenvalue weighted by Gasteiger charge is 2.15. The van der Waals surface area contributed by atoms with Gasteiger partial charge in [-0.2, -0.15) is 0 Å². The lowest BCUT2D eigenvalue weighted by Crippen LogP contribution is -2.31. The van der Waals surface area contributed by atoms with Crippen LogP contribution in [0.2, 0.25) is 0 Å². The highest BCUT2D eigenvalue weighted by molar-refractivity contribution is 5.59. The van der Waals surface area contributed by atoms with E-state index in [0.717, 1.165) is 54.9 Å². The molecule has 1 fully saturated rings. The third-order valence-corrected chi connectivity index (χ3v) is 4.62. The largest absolute Gasteiger partial charge is 0.369 e. The van der Waals surface area contributed by atoms with Crippen LogP contribution >= 0.6 is 0 Å². The first-order valence-corrected chi connectivity index (χ1v) is 8.65. The zero-order valence-electron chi connectivity index (χ0n) is 14.1. The third kappa shape index (κ3) is 3.88. The third-order valence-electron chi connectivity index (χ3n) is 4.62. The fourth-order valence-corrected chi connectivity index (χ4v) is 3.21. The Bertz CT molecular complexity index is 633. The fourth-order valence-electron chi connectivity index (χ4n) is 3.21. The maximum absolute atomic E-state index is 4.82. The SMILES string of the molecule is CCc1c(C)nc(-c2ccccc2)nc1NCC1CCNCC1. The van der Waals surface area contributed by atoms with Crippen LogP contribution in [-0.2, 0) is 6.42 Å². The molecule has 0 spiro atoms. The monoisotopic (exact) mass is 310 g/mol. The number of nitrogens with one attached hydrogen (secondary N) is 2. The number of anilines is 1. The first-order chi connectivity index (χ1) is 11.3. The van der Waals surface area contributed by atoms with Crippen LogP contribution in [0.4, 0.5) is 5.82 Å². The maximum Gasteiger partial charge on any atom is 0.161 e. The molecule has 4 nitrogen and oxygen atoms in total. The first-order valence-electron chi connectivity index (χ1n) is 8.65. The Hall–Kier alpha value is -1.94. The lowest BCUT2D eigenvalue weighted by Gasteiger charge is -2.24. The summed E-state index contributed by atoms with van der Waals surface area (Å²) < 4.78 is 0. The molecule has 2 aromatic rings. The first kappa shape index (κ1) is 15.9. The molecule has 0 amide bonds. The zero-order chi connectivity index (χ0) is 16.1. The summed E-state index contributed by atoms with van der Waals surface area (Å²) in [5.74, 6) is 2.56. The van der Waals surface area contributed by atoms with E-state index in [4.69, 9.17) is 9.97 Å². The van der Waals surface area contributed by atoms with Crippen molar-refractivity contribution in [3.8, 4) is 11.4 Å². The quantitative estimate of drug-likeness (QED) is 0.888. The molecule has 1 aromatic carbocycles. The standard InChI is InChI=1S/C19H26N4/c1-3-17-14(2)22-18(16-7-5-4-6-8-16)23-19(17)21-13-15-9-11-20-12-10-15/h4-8,15,20H,3,9-13H2,1-2H3,(H,21,22,23). The average molecular weight is 310 g/mol. The van der Waals surface area contributed by atoms with Crippen LogP contribution in [0.25, 0.3) is 11.4 Å². The Morgan fingerprint density at radius 3 is 2.57 bits per heavy atom. The Labute approximate surface area is 138 Å². The molecule has 1 aromatic heterocycles. The molecule has 3 rings (SSSR count). The molecule has 0 bridgehead atoms. The minimum atomic E-state index is 0.733. The van der Waals surface area contributed by atoms with Gasteiger partial charge in [0.05, 0.1) is 0 Å². The summed E-state index contributed by atoms with van der Waals surface area (Å²) in [5.41, 5.74) is 3.39. The van der Waals surface area contributed by atoms with Crippen LogP contribution in [0.1, 0.15) is 31.0 Å². The van der Waals surface area contributed by atoms with Gasteiger partial charge >= 0.3 is 0 Å². The highest BCUT2D eigenvalue weighted by atomic mass is 15.0. The number of rotatable bonds is 5. The maximum atomic E-state index is 4.82. The number of benzene rings is 1. The van der Waals surface area contributed by atoms with Gasteiger partial charge in [-0.3, -0.25) is 0 Å². The summed E-state index contributed by atoms with van der Waals surface area (Å²) in [7, 11) is 0. The van der Waals surface area contributed by atoms with E-state index < -0.39 is 0 Å². The number of piperidine rings is 1. The smallest absolute Gasteiger partial charge is 0.161 e. The molecule has 2 heterocycles. The molecule has 1 saturated heterocycles. The molecule has 4 heteroatoms. The van der Waals surface area contributed by atoms with Gasteiger partial charge in [-0.05, 0) is 45.2 Å². The van der Waals surface area contributed by atoms with Gasteiger partial charge in [-0.15, -0.1) is 0 Å². The summed E-state index contributed by atoms with van der Waals surface area (Å²) in [4.78, 5) is 9.53. The van der Waals surface area contributed by atoms with E-state index >= 15 is 0 Å². The van der Waals surface area contributed by atoms with Crippen LogP contribution in [0.15, 0.2) is 30.3 Å². The zero-order valence-corrected chi connectivity index (χ0v) is 14.1. The molecule has 1 aliphatic heterocycles. The predicted octanol–water partition coefficient (Wildman–Crippen LogP) is 3.43. The van der Waals surface area contributed by atoms with Crippen LogP contribution in [0.5, 0.6) is 0 Å². The van der Waals surface area contributed by atoms with E-state index in [2.05, 4.69) is 36.6 Å². The van der Waals surface area contributed by atoms with E-state index in [1.807, 2.05) is 18.2 Å². The number of hydrogen-bond donors (Lipinski definition) is 2. The predicted molar refractivity (Wildman–Crippen MR) is 95.7 cm³/mol. The molecule has 2 N–H and O–H groups in total. The van der Waals surface area contributed by atoms with E-state index in [1.54, 1.807) is 0 Å². The van der Waals surface area contributed by atoms with Crippen molar-refractivity contribution in [3.63, 3.8) is 0 Å². The summed E-state index contributed by atoms with van der Waals surface area (Å²) in [6.45, 7) is 7.52. The highest BCUT2D eigenvalue weighted by Crippen LogP contribution is 2.23. The molecule has 0 radical (unpaired) electrons. The van der Waals surface area contributed by atoms with Gasteiger partial charge in [0.1, 0.15) is 5.82 Å². The fraction of sp³-hybridized carbons (Fsp3) is 0.474. The number of aromatic nitrogens is 2. The van der Waals surface area contributed by atoms with Crippen LogP contribution < -0.4 is 10.6 Å². The van der Waals surface area contributed by atoms with E-state index in [0.29, 0.717) is 0 Å². The van der Waals surface area contributed by atoms with E-state index in [1.165, 1.54) is 18.4 Å². The number of nitrogens with zero attached hydrogens (tertiary/aromatic N) is 2. The van der Waals surface area contributed by atoms with Gasteiger partial charge < -0.3 is 10.6 Å². The molecule has 0 unspecified atom stereocenters. The number of hydrogen-bond acceptors (Lipinski definition) is 4. The van der Waals surface area contributed by atoms with Crippen LogP contribution in [0, 0.1) is 12.8 Å². The summed E-state index contributed by atoms with van der Waals surface area (Å²) in [5, 5.41) is 7.03. The summed E-state index contributed by atoms with van der Waals surface area (Å²) in [6.07, 6.45) is 3.43. The second kappa shape index (κ2) is 7.55. The Kier molecular flexibility index (Phi) is 5.23. The number of aryl methyl sites for hydroxylation is 1. The van der Waals surface area contributed by atoms with E-state index in [9.17, 15) is 0 Å². The minimum absolute atomic E-state index is 0.733. The Balaban J connectivity index is 1.83. The molecule has 0 atom stereocenters. The lowest BCUT2D eigenvalue weighted by atomic mass is 9.98. The van der Waals surface area contributed by atoms with Crippen molar-refractivity contribution in [2.75, 3.05) is 25.0 Å². The average Bonchev–Trinajstić information content (AvgIpc) is 2.61. The van der Waals surface area contributed by atoms with Crippen molar-refractivity contribution < 1.29 is 0 Å². The van der Waals surface area contributed by atoms with Gasteiger partial charge in [0.2, 0.25) is 0 Å².